The van der Waals surface area contributed by atoms with Crippen LogP contribution in [0.4, 0.5) is 0 Å². The Labute approximate surface area is 111 Å². The molecule has 0 spiro atoms. The van der Waals surface area contributed by atoms with Gasteiger partial charge in [-0.3, -0.25) is 4.79 Å². The lowest BCUT2D eigenvalue weighted by Crippen LogP contribution is -2.49. The van der Waals surface area contributed by atoms with Crippen LogP contribution in [0.15, 0.2) is 0 Å². The van der Waals surface area contributed by atoms with Gasteiger partial charge in [-0.15, -0.1) is 0 Å². The summed E-state index contributed by atoms with van der Waals surface area (Å²) in [6.45, 7) is 7.24. The van der Waals surface area contributed by atoms with E-state index in [-0.39, 0.29) is 11.4 Å². The maximum Gasteiger partial charge on any atom is 0.221 e. The molecule has 2 fully saturated rings. The number of piperidine rings is 1. The summed E-state index contributed by atoms with van der Waals surface area (Å²) < 4.78 is 0. The minimum absolute atomic E-state index is 0.112. The van der Waals surface area contributed by atoms with E-state index in [9.17, 15) is 4.79 Å². The number of nitrogens with one attached hydrogen (secondary N) is 2. The number of amides is 1. The SMILES string of the molecule is CC(C)(C)NC(=O)C[C@@H]1C[C@@H]2CCCC[C@@H]2CN1. The topological polar surface area (TPSA) is 41.1 Å². The van der Waals surface area contributed by atoms with Crippen LogP contribution in [0.1, 0.15) is 59.3 Å². The largest absolute Gasteiger partial charge is 0.351 e. The molecule has 1 saturated carbocycles. The van der Waals surface area contributed by atoms with Gasteiger partial charge in [0.2, 0.25) is 5.91 Å². The first kappa shape index (κ1) is 13.9. The zero-order valence-corrected chi connectivity index (χ0v) is 12.1. The molecule has 0 aromatic rings. The number of carbonyl (C=O) groups excluding carboxylic acids is 1. The quantitative estimate of drug-likeness (QED) is 0.792. The average molecular weight is 252 g/mol. The van der Waals surface area contributed by atoms with Crippen molar-refractivity contribution in [3.8, 4) is 0 Å². The molecule has 2 aliphatic rings. The van der Waals surface area contributed by atoms with Gasteiger partial charge < -0.3 is 10.6 Å². The second kappa shape index (κ2) is 5.60. The van der Waals surface area contributed by atoms with Crippen LogP contribution in [0.2, 0.25) is 0 Å². The molecule has 104 valence electrons. The van der Waals surface area contributed by atoms with E-state index >= 15 is 0 Å². The predicted octanol–water partition coefficient (Wildman–Crippen LogP) is 2.46. The molecule has 1 saturated heterocycles. The highest BCUT2D eigenvalue weighted by Gasteiger charge is 2.32. The van der Waals surface area contributed by atoms with E-state index in [0.717, 1.165) is 18.4 Å². The van der Waals surface area contributed by atoms with Crippen LogP contribution < -0.4 is 10.6 Å². The van der Waals surface area contributed by atoms with Crippen LogP contribution in [0.5, 0.6) is 0 Å². The van der Waals surface area contributed by atoms with Gasteiger partial charge in [-0.25, -0.2) is 0 Å². The molecule has 0 bridgehead atoms. The van der Waals surface area contributed by atoms with Crippen LogP contribution in [0.25, 0.3) is 0 Å². The fraction of sp³-hybridized carbons (Fsp3) is 0.933. The summed E-state index contributed by atoms with van der Waals surface area (Å²) in [5, 5.41) is 6.63. The van der Waals surface area contributed by atoms with Crippen LogP contribution in [-0.2, 0) is 4.79 Å². The Morgan fingerprint density at radius 2 is 1.89 bits per heavy atom. The highest BCUT2D eigenvalue weighted by molar-refractivity contribution is 5.77. The molecule has 1 aliphatic carbocycles. The van der Waals surface area contributed by atoms with Gasteiger partial charge in [0.25, 0.3) is 0 Å². The van der Waals surface area contributed by atoms with Gasteiger partial charge in [-0.2, -0.15) is 0 Å². The summed E-state index contributed by atoms with van der Waals surface area (Å²) in [6, 6.07) is 0.395. The van der Waals surface area contributed by atoms with Crippen LogP contribution in [-0.4, -0.2) is 24.0 Å². The van der Waals surface area contributed by atoms with E-state index in [2.05, 4.69) is 10.6 Å². The highest BCUT2D eigenvalue weighted by Crippen LogP contribution is 2.35. The first-order valence-corrected chi connectivity index (χ1v) is 7.48. The zero-order chi connectivity index (χ0) is 13.2. The van der Waals surface area contributed by atoms with Crippen molar-refractivity contribution < 1.29 is 4.79 Å². The molecule has 0 aromatic carbocycles. The molecule has 3 atom stereocenters. The van der Waals surface area contributed by atoms with Crippen molar-refractivity contribution in [3.05, 3.63) is 0 Å². The maximum absolute atomic E-state index is 11.9. The van der Waals surface area contributed by atoms with Gasteiger partial charge in [0.15, 0.2) is 0 Å². The Morgan fingerprint density at radius 3 is 2.56 bits per heavy atom. The molecular formula is C15H28N2O. The third kappa shape index (κ3) is 3.98. The van der Waals surface area contributed by atoms with Crippen molar-refractivity contribution in [2.45, 2.75) is 70.9 Å². The van der Waals surface area contributed by atoms with Crippen LogP contribution in [0.3, 0.4) is 0 Å². The van der Waals surface area contributed by atoms with Gasteiger partial charge in [-0.1, -0.05) is 19.3 Å². The van der Waals surface area contributed by atoms with Crippen molar-refractivity contribution in [1.82, 2.24) is 10.6 Å². The summed E-state index contributed by atoms with van der Waals surface area (Å²) >= 11 is 0. The first-order valence-electron chi connectivity index (χ1n) is 7.48. The number of hydrogen-bond acceptors (Lipinski definition) is 2. The Balaban J connectivity index is 1.79. The van der Waals surface area contributed by atoms with E-state index in [1.165, 1.54) is 32.1 Å². The molecule has 2 rings (SSSR count). The van der Waals surface area contributed by atoms with Crippen LogP contribution >= 0.6 is 0 Å². The second-order valence-corrected chi connectivity index (χ2v) is 7.15. The summed E-state index contributed by atoms with van der Waals surface area (Å²) in [7, 11) is 0. The number of rotatable bonds is 2. The fourth-order valence-electron chi connectivity index (χ4n) is 3.48. The molecule has 1 heterocycles. The van der Waals surface area contributed by atoms with Gasteiger partial charge in [0, 0.05) is 18.0 Å². The van der Waals surface area contributed by atoms with Crippen LogP contribution in [0, 0.1) is 11.8 Å². The molecular weight excluding hydrogens is 224 g/mol. The summed E-state index contributed by atoms with van der Waals surface area (Å²) in [4.78, 5) is 11.9. The lowest BCUT2D eigenvalue weighted by atomic mass is 9.73. The molecule has 3 nitrogen and oxygen atoms in total. The minimum Gasteiger partial charge on any atom is -0.351 e. The van der Waals surface area contributed by atoms with Gasteiger partial charge in [0.1, 0.15) is 0 Å². The molecule has 2 N–H and O–H groups in total. The fourth-order valence-corrected chi connectivity index (χ4v) is 3.48. The standard InChI is InChI=1S/C15H28N2O/c1-15(2,3)17-14(18)9-13-8-11-6-4-5-7-12(11)10-16-13/h11-13,16H,4-10H2,1-3H3,(H,17,18)/t11-,12+,13-/m0/s1. The Bertz CT molecular complexity index is 295. The Hall–Kier alpha value is -0.570. The van der Waals surface area contributed by atoms with E-state index in [1.54, 1.807) is 0 Å². The summed E-state index contributed by atoms with van der Waals surface area (Å²) in [6.07, 6.45) is 7.39. The van der Waals surface area contributed by atoms with Gasteiger partial charge in [0.05, 0.1) is 0 Å². The van der Waals surface area contributed by atoms with Crippen molar-refractivity contribution in [2.24, 2.45) is 11.8 Å². The first-order chi connectivity index (χ1) is 8.44. The molecule has 1 aliphatic heterocycles. The predicted molar refractivity (Wildman–Crippen MR) is 74.4 cm³/mol. The molecule has 0 unspecified atom stereocenters. The minimum atomic E-state index is -0.112. The van der Waals surface area contributed by atoms with Gasteiger partial charge >= 0.3 is 0 Å². The smallest absolute Gasteiger partial charge is 0.221 e. The molecule has 3 heteroatoms. The Kier molecular flexibility index (Phi) is 4.31. The third-order valence-corrected chi connectivity index (χ3v) is 4.27. The van der Waals surface area contributed by atoms with E-state index in [0.29, 0.717) is 12.5 Å². The summed E-state index contributed by atoms with van der Waals surface area (Å²) in [5.41, 5.74) is -0.112. The lowest BCUT2D eigenvalue weighted by Gasteiger charge is -2.40. The summed E-state index contributed by atoms with van der Waals surface area (Å²) in [5.74, 6) is 1.93. The molecule has 0 aromatic heterocycles. The highest BCUT2D eigenvalue weighted by atomic mass is 16.1. The van der Waals surface area contributed by atoms with Gasteiger partial charge in [-0.05, 0) is 52.0 Å². The average Bonchev–Trinajstić information content (AvgIpc) is 2.26. The van der Waals surface area contributed by atoms with E-state index in [1.807, 2.05) is 20.8 Å². The number of fused-ring (bicyclic) bond motifs is 1. The van der Waals surface area contributed by atoms with E-state index in [4.69, 9.17) is 0 Å². The van der Waals surface area contributed by atoms with Crippen molar-refractivity contribution >= 4 is 5.91 Å². The molecule has 0 radical (unpaired) electrons. The second-order valence-electron chi connectivity index (χ2n) is 7.15. The zero-order valence-electron chi connectivity index (χ0n) is 12.1. The van der Waals surface area contributed by atoms with Crippen molar-refractivity contribution in [3.63, 3.8) is 0 Å². The molecule has 1 amide bonds. The number of carbonyl (C=O) groups is 1. The van der Waals surface area contributed by atoms with E-state index < -0.39 is 0 Å². The van der Waals surface area contributed by atoms with Crippen molar-refractivity contribution in [1.29, 1.82) is 0 Å². The van der Waals surface area contributed by atoms with Crippen molar-refractivity contribution in [2.75, 3.05) is 6.54 Å². The third-order valence-electron chi connectivity index (χ3n) is 4.27. The normalized spacial score (nSPS) is 32.7. The Morgan fingerprint density at radius 1 is 1.22 bits per heavy atom. The lowest BCUT2D eigenvalue weighted by molar-refractivity contribution is -0.123. The monoisotopic (exact) mass is 252 g/mol. The molecule has 18 heavy (non-hydrogen) atoms. The number of hydrogen-bond donors (Lipinski definition) is 2. The maximum atomic E-state index is 11.9.